The average Bonchev–Trinajstić information content (AvgIpc) is 3.02. The Bertz CT molecular complexity index is 1110. The van der Waals surface area contributed by atoms with Gasteiger partial charge in [0.25, 0.3) is 5.91 Å². The molecule has 35 heavy (non-hydrogen) atoms. The molecule has 2 aromatic rings. The summed E-state index contributed by atoms with van der Waals surface area (Å²) in [5.74, 6) is -0.598. The van der Waals surface area contributed by atoms with Crippen molar-refractivity contribution in [2.24, 2.45) is 0 Å². The van der Waals surface area contributed by atoms with E-state index in [1.165, 1.54) is 33.3 Å². The molecule has 0 radical (unpaired) electrons. The van der Waals surface area contributed by atoms with Gasteiger partial charge in [-0.3, -0.25) is 14.5 Å². The van der Waals surface area contributed by atoms with Crippen molar-refractivity contribution >= 4 is 17.8 Å². The first-order valence-corrected chi connectivity index (χ1v) is 10.4. The van der Waals surface area contributed by atoms with E-state index < -0.39 is 42.0 Å². The first-order valence-electron chi connectivity index (χ1n) is 10.4. The summed E-state index contributed by atoms with van der Waals surface area (Å²) in [4.78, 5) is 38.5. The molecule has 1 fully saturated rings. The Balaban J connectivity index is 1.58. The van der Waals surface area contributed by atoms with Gasteiger partial charge in [0.05, 0.1) is 14.2 Å². The van der Waals surface area contributed by atoms with Gasteiger partial charge in [-0.05, 0) is 48.7 Å². The highest BCUT2D eigenvalue weighted by atomic mass is 19.4. The maximum atomic E-state index is 12.9. The number of hydrogen-bond donors (Lipinski definition) is 2. The second kappa shape index (κ2) is 10.1. The van der Waals surface area contributed by atoms with Gasteiger partial charge in [0.15, 0.2) is 11.5 Å². The second-order valence-corrected chi connectivity index (χ2v) is 7.81. The van der Waals surface area contributed by atoms with Gasteiger partial charge >= 0.3 is 12.4 Å². The fraction of sp³-hybridized carbons (Fsp3) is 0.348. The summed E-state index contributed by atoms with van der Waals surface area (Å²) in [5, 5.41) is 5.15. The van der Waals surface area contributed by atoms with Crippen LogP contribution < -0.4 is 24.8 Å². The van der Waals surface area contributed by atoms with E-state index in [0.717, 1.165) is 22.6 Å². The number of urea groups is 1. The second-order valence-electron chi connectivity index (χ2n) is 7.81. The van der Waals surface area contributed by atoms with Crippen molar-refractivity contribution in [3.05, 3.63) is 53.6 Å². The highest BCUT2D eigenvalue weighted by Crippen LogP contribution is 2.31. The van der Waals surface area contributed by atoms with E-state index in [9.17, 15) is 27.6 Å². The number of benzene rings is 2. The third kappa shape index (κ3) is 5.94. The van der Waals surface area contributed by atoms with Crippen LogP contribution in [0.3, 0.4) is 0 Å². The van der Waals surface area contributed by atoms with Crippen LogP contribution in [-0.4, -0.2) is 56.4 Å². The number of carbonyl (C=O) groups is 3. The summed E-state index contributed by atoms with van der Waals surface area (Å²) in [6.45, 7) is 1.14. The summed E-state index contributed by atoms with van der Waals surface area (Å²) in [6, 6.07) is 9.11. The smallest absolute Gasteiger partial charge is 0.493 e. The van der Waals surface area contributed by atoms with Gasteiger partial charge in [-0.25, -0.2) is 4.79 Å². The van der Waals surface area contributed by atoms with Crippen molar-refractivity contribution < 1.29 is 41.8 Å². The van der Waals surface area contributed by atoms with Crippen molar-refractivity contribution in [1.29, 1.82) is 0 Å². The molecule has 1 aliphatic heterocycles. The van der Waals surface area contributed by atoms with Crippen LogP contribution >= 0.6 is 0 Å². The third-order valence-electron chi connectivity index (χ3n) is 5.43. The van der Waals surface area contributed by atoms with Gasteiger partial charge in [0, 0.05) is 6.54 Å². The summed E-state index contributed by atoms with van der Waals surface area (Å²) in [6.07, 6.45) is -4.39. The van der Waals surface area contributed by atoms with Crippen molar-refractivity contribution in [2.45, 2.75) is 25.2 Å². The minimum absolute atomic E-state index is 0.238. The molecule has 9 nitrogen and oxygen atoms in total. The van der Waals surface area contributed by atoms with E-state index in [1.54, 1.807) is 12.1 Å². The van der Waals surface area contributed by atoms with E-state index in [2.05, 4.69) is 15.4 Å². The molecule has 2 N–H and O–H groups in total. The van der Waals surface area contributed by atoms with Crippen LogP contribution in [0.15, 0.2) is 42.5 Å². The number of ether oxygens (including phenoxy) is 3. The summed E-state index contributed by atoms with van der Waals surface area (Å²) in [5.41, 5.74) is -0.432. The molecule has 1 aliphatic rings. The van der Waals surface area contributed by atoms with Gasteiger partial charge in [-0.1, -0.05) is 18.2 Å². The van der Waals surface area contributed by atoms with Gasteiger partial charge in [0.1, 0.15) is 17.8 Å². The zero-order valence-electron chi connectivity index (χ0n) is 19.2. The Hall–Kier alpha value is -3.96. The van der Waals surface area contributed by atoms with Crippen LogP contribution in [0.4, 0.5) is 18.0 Å². The van der Waals surface area contributed by atoms with Gasteiger partial charge < -0.3 is 24.8 Å². The number of imide groups is 1. The third-order valence-corrected chi connectivity index (χ3v) is 5.43. The fourth-order valence-electron chi connectivity index (χ4n) is 3.61. The lowest BCUT2D eigenvalue weighted by Gasteiger charge is -2.22. The van der Waals surface area contributed by atoms with E-state index in [-0.39, 0.29) is 12.1 Å². The molecule has 0 aliphatic carbocycles. The standard InChI is InChI=1S/C23H24F3N3O6/c1-22(15-5-7-16(8-6-15)35-23(24,25)26)20(31)29(21(32)28-22)13-19(30)27-11-10-14-4-9-17(33-2)18(12-14)34-3/h4-9,12H,10-11,13H2,1-3H3,(H,27,30)(H,28,32). The minimum atomic E-state index is -4.85. The lowest BCUT2D eigenvalue weighted by atomic mass is 9.92. The number of methoxy groups -OCH3 is 2. The molecular weight excluding hydrogens is 471 g/mol. The molecule has 1 atom stereocenters. The van der Waals surface area contributed by atoms with Crippen LogP contribution in [0.5, 0.6) is 17.2 Å². The Kier molecular flexibility index (Phi) is 7.42. The van der Waals surface area contributed by atoms with Crippen molar-refractivity contribution in [3.63, 3.8) is 0 Å². The lowest BCUT2D eigenvalue weighted by molar-refractivity contribution is -0.274. The number of nitrogens with one attached hydrogen (secondary N) is 2. The first kappa shape index (κ1) is 25.7. The van der Waals surface area contributed by atoms with E-state index >= 15 is 0 Å². The quantitative estimate of drug-likeness (QED) is 0.519. The van der Waals surface area contributed by atoms with Crippen molar-refractivity contribution in [2.75, 3.05) is 27.3 Å². The zero-order chi connectivity index (χ0) is 25.8. The highest BCUT2D eigenvalue weighted by molar-refractivity contribution is 6.09. The molecule has 0 spiro atoms. The molecule has 1 saturated heterocycles. The number of hydrogen-bond acceptors (Lipinski definition) is 6. The molecule has 4 amide bonds. The predicted molar refractivity (Wildman–Crippen MR) is 117 cm³/mol. The Morgan fingerprint density at radius 2 is 1.71 bits per heavy atom. The molecular formula is C23H24F3N3O6. The number of nitrogens with zero attached hydrogens (tertiary/aromatic N) is 1. The Labute approximate surface area is 199 Å². The van der Waals surface area contributed by atoms with Crippen LogP contribution in [0.1, 0.15) is 18.1 Å². The van der Waals surface area contributed by atoms with Crippen molar-refractivity contribution in [3.8, 4) is 17.2 Å². The number of rotatable bonds is 9. The maximum Gasteiger partial charge on any atom is 0.573 e. The minimum Gasteiger partial charge on any atom is -0.493 e. The highest BCUT2D eigenvalue weighted by Gasteiger charge is 2.49. The molecule has 1 unspecified atom stereocenters. The first-order chi connectivity index (χ1) is 16.5. The Morgan fingerprint density at radius 1 is 1.06 bits per heavy atom. The van der Waals surface area contributed by atoms with Crippen molar-refractivity contribution in [1.82, 2.24) is 15.5 Å². The number of amides is 4. The van der Waals surface area contributed by atoms with E-state index in [0.29, 0.717) is 17.9 Å². The van der Waals surface area contributed by atoms with Crippen LogP contribution in [0.2, 0.25) is 0 Å². The number of alkyl halides is 3. The van der Waals surface area contributed by atoms with Crippen LogP contribution in [0.25, 0.3) is 0 Å². The monoisotopic (exact) mass is 495 g/mol. The topological polar surface area (TPSA) is 106 Å². The number of carbonyl (C=O) groups excluding carboxylic acids is 3. The SMILES string of the molecule is COc1ccc(CCNC(=O)CN2C(=O)NC(C)(c3ccc(OC(F)(F)F)cc3)C2=O)cc1OC. The predicted octanol–water partition coefficient (Wildman–Crippen LogP) is 2.73. The zero-order valence-corrected chi connectivity index (χ0v) is 19.2. The normalized spacial score (nSPS) is 17.7. The van der Waals surface area contributed by atoms with Crippen LogP contribution in [0, 0.1) is 0 Å². The fourth-order valence-corrected chi connectivity index (χ4v) is 3.61. The average molecular weight is 495 g/mol. The molecule has 0 bridgehead atoms. The molecule has 12 heteroatoms. The summed E-state index contributed by atoms with van der Waals surface area (Å²) in [7, 11) is 3.04. The molecule has 2 aromatic carbocycles. The number of halogens is 3. The maximum absolute atomic E-state index is 12.9. The van der Waals surface area contributed by atoms with Gasteiger partial charge in [-0.2, -0.15) is 0 Å². The molecule has 0 aromatic heterocycles. The Morgan fingerprint density at radius 3 is 2.31 bits per heavy atom. The molecule has 0 saturated carbocycles. The van der Waals surface area contributed by atoms with E-state index in [1.807, 2.05) is 6.07 Å². The summed E-state index contributed by atoms with van der Waals surface area (Å²) < 4.78 is 51.3. The molecule has 3 rings (SSSR count). The van der Waals surface area contributed by atoms with E-state index in [4.69, 9.17) is 9.47 Å². The van der Waals surface area contributed by atoms with Crippen LogP contribution in [-0.2, 0) is 21.5 Å². The lowest BCUT2D eigenvalue weighted by Crippen LogP contribution is -2.43. The largest absolute Gasteiger partial charge is 0.573 e. The molecule has 188 valence electrons. The van der Waals surface area contributed by atoms with Gasteiger partial charge in [0.2, 0.25) is 5.91 Å². The summed E-state index contributed by atoms with van der Waals surface area (Å²) >= 11 is 0. The van der Waals surface area contributed by atoms with Gasteiger partial charge in [-0.15, -0.1) is 13.2 Å². The molecule has 1 heterocycles.